The molecule has 0 bridgehead atoms. The number of nitrogens with zero attached hydrogens (tertiary/aromatic N) is 1. The van der Waals surface area contributed by atoms with Crippen LogP contribution in [-0.2, 0) is 6.61 Å². The smallest absolute Gasteiger partial charge is 0.147 e. The van der Waals surface area contributed by atoms with E-state index in [1.54, 1.807) is 24.4 Å². The number of benzene rings is 1. The van der Waals surface area contributed by atoms with Gasteiger partial charge in [0.25, 0.3) is 0 Å². The zero-order valence-corrected chi connectivity index (χ0v) is 12.0. The van der Waals surface area contributed by atoms with Gasteiger partial charge in [-0.25, -0.2) is 0 Å². The first-order chi connectivity index (χ1) is 8.60. The number of aryl methyl sites for hydroxylation is 1. The molecular weight excluding hydrogens is 318 g/mol. The minimum atomic E-state index is -0.131. The molecule has 0 spiro atoms. The van der Waals surface area contributed by atoms with Gasteiger partial charge in [-0.05, 0) is 25.1 Å². The van der Waals surface area contributed by atoms with Gasteiger partial charge >= 0.3 is 0 Å². The lowest BCUT2D eigenvalue weighted by Crippen LogP contribution is -1.95. The van der Waals surface area contributed by atoms with Crippen LogP contribution in [-0.4, -0.2) is 10.1 Å². The maximum absolute atomic E-state index is 9.25. The van der Waals surface area contributed by atoms with Crippen molar-refractivity contribution in [2.45, 2.75) is 13.5 Å². The molecule has 0 fully saturated rings. The van der Waals surface area contributed by atoms with Crippen LogP contribution in [0, 0.1) is 6.92 Å². The second kappa shape index (κ2) is 5.69. The van der Waals surface area contributed by atoms with E-state index in [2.05, 4.69) is 20.9 Å². The third-order valence-corrected chi connectivity index (χ3v) is 3.17. The van der Waals surface area contributed by atoms with Crippen molar-refractivity contribution in [1.82, 2.24) is 4.98 Å². The summed E-state index contributed by atoms with van der Waals surface area (Å²) in [4.78, 5) is 4.11. The molecule has 0 aliphatic carbocycles. The van der Waals surface area contributed by atoms with Gasteiger partial charge in [0.05, 0.1) is 11.6 Å². The van der Waals surface area contributed by atoms with Crippen molar-refractivity contribution in [3.63, 3.8) is 0 Å². The average molecular weight is 329 g/mol. The van der Waals surface area contributed by atoms with E-state index in [-0.39, 0.29) is 6.61 Å². The van der Waals surface area contributed by atoms with Crippen LogP contribution < -0.4 is 4.74 Å². The Kier molecular flexibility index (Phi) is 4.22. The normalized spacial score (nSPS) is 10.4. The third kappa shape index (κ3) is 3.02. The van der Waals surface area contributed by atoms with Crippen LogP contribution in [0.15, 0.2) is 34.9 Å². The van der Waals surface area contributed by atoms with Gasteiger partial charge in [0.2, 0.25) is 0 Å². The Labute approximate surface area is 119 Å². The summed E-state index contributed by atoms with van der Waals surface area (Å²) in [6.07, 6.45) is 1.59. The second-order valence-corrected chi connectivity index (χ2v) is 5.09. The Balaban J connectivity index is 2.38. The third-order valence-electron chi connectivity index (χ3n) is 2.36. The Morgan fingerprint density at radius 2 is 2.11 bits per heavy atom. The number of aliphatic hydroxyl groups is 1. The topological polar surface area (TPSA) is 42.4 Å². The van der Waals surface area contributed by atoms with E-state index in [1.807, 2.05) is 13.0 Å². The van der Waals surface area contributed by atoms with Crippen molar-refractivity contribution in [1.29, 1.82) is 0 Å². The Hall–Kier alpha value is -1.10. The van der Waals surface area contributed by atoms with Crippen LogP contribution in [0.1, 0.15) is 11.3 Å². The van der Waals surface area contributed by atoms with Crippen LogP contribution in [0.25, 0.3) is 0 Å². The standard InChI is InChI=1S/C13H11BrClNO2/c1-8-4-12(9(7-17)6-16-8)18-13-5-10(14)2-3-11(13)15/h2-6,17H,7H2,1H3. The lowest BCUT2D eigenvalue weighted by molar-refractivity contribution is 0.276. The molecule has 0 saturated heterocycles. The zero-order chi connectivity index (χ0) is 13.1. The van der Waals surface area contributed by atoms with Gasteiger partial charge in [0.1, 0.15) is 11.5 Å². The molecule has 0 radical (unpaired) electrons. The molecule has 0 aliphatic heterocycles. The molecule has 1 aromatic carbocycles. The van der Waals surface area contributed by atoms with Crippen LogP contribution in [0.4, 0.5) is 0 Å². The molecule has 3 nitrogen and oxygen atoms in total. The average Bonchev–Trinajstić information content (AvgIpc) is 2.34. The molecule has 1 aromatic heterocycles. The van der Waals surface area contributed by atoms with E-state index in [0.717, 1.165) is 10.2 Å². The van der Waals surface area contributed by atoms with Crippen LogP contribution in [0.5, 0.6) is 11.5 Å². The molecule has 0 atom stereocenters. The van der Waals surface area contributed by atoms with Crippen LogP contribution >= 0.6 is 27.5 Å². The Morgan fingerprint density at radius 1 is 1.33 bits per heavy atom. The summed E-state index contributed by atoms with van der Waals surface area (Å²) >= 11 is 9.42. The number of aliphatic hydroxyl groups excluding tert-OH is 1. The molecule has 0 unspecified atom stereocenters. The maximum Gasteiger partial charge on any atom is 0.147 e. The highest BCUT2D eigenvalue weighted by molar-refractivity contribution is 9.10. The molecule has 0 saturated carbocycles. The van der Waals surface area contributed by atoms with Crippen molar-refractivity contribution in [2.24, 2.45) is 0 Å². The molecular formula is C13H11BrClNO2. The lowest BCUT2D eigenvalue weighted by Gasteiger charge is -2.11. The SMILES string of the molecule is Cc1cc(Oc2cc(Br)ccc2Cl)c(CO)cn1. The van der Waals surface area contributed by atoms with Gasteiger partial charge in [-0.2, -0.15) is 0 Å². The lowest BCUT2D eigenvalue weighted by atomic mass is 10.2. The summed E-state index contributed by atoms with van der Waals surface area (Å²) < 4.78 is 6.60. The summed E-state index contributed by atoms with van der Waals surface area (Å²) in [7, 11) is 0. The fourth-order valence-corrected chi connectivity index (χ4v) is 1.95. The van der Waals surface area contributed by atoms with Crippen molar-refractivity contribution in [3.05, 3.63) is 51.2 Å². The minimum Gasteiger partial charge on any atom is -0.455 e. The van der Waals surface area contributed by atoms with Crippen molar-refractivity contribution in [3.8, 4) is 11.5 Å². The molecule has 1 N–H and O–H groups in total. The first kappa shape index (κ1) is 13.3. The van der Waals surface area contributed by atoms with E-state index in [0.29, 0.717) is 22.1 Å². The molecule has 2 aromatic rings. The molecule has 18 heavy (non-hydrogen) atoms. The quantitative estimate of drug-likeness (QED) is 0.922. The van der Waals surface area contributed by atoms with Gasteiger partial charge in [0.15, 0.2) is 0 Å². The highest BCUT2D eigenvalue weighted by Gasteiger charge is 2.09. The van der Waals surface area contributed by atoms with Crippen LogP contribution in [0.3, 0.4) is 0 Å². The highest BCUT2D eigenvalue weighted by atomic mass is 79.9. The van der Waals surface area contributed by atoms with Crippen molar-refractivity contribution >= 4 is 27.5 Å². The summed E-state index contributed by atoms with van der Waals surface area (Å²) in [6, 6.07) is 7.12. The number of rotatable bonds is 3. The van der Waals surface area contributed by atoms with Gasteiger partial charge < -0.3 is 9.84 Å². The minimum absolute atomic E-state index is 0.131. The zero-order valence-electron chi connectivity index (χ0n) is 9.65. The monoisotopic (exact) mass is 327 g/mol. The van der Waals surface area contributed by atoms with Gasteiger partial charge in [-0.15, -0.1) is 0 Å². The van der Waals surface area contributed by atoms with Gasteiger partial charge in [-0.1, -0.05) is 27.5 Å². The molecule has 0 aliphatic rings. The predicted octanol–water partition coefficient (Wildman–Crippen LogP) is 4.09. The largest absolute Gasteiger partial charge is 0.455 e. The summed E-state index contributed by atoms with van der Waals surface area (Å²) in [6.45, 7) is 1.73. The number of hydrogen-bond donors (Lipinski definition) is 1. The Bertz CT molecular complexity index is 575. The maximum atomic E-state index is 9.25. The summed E-state index contributed by atoms with van der Waals surface area (Å²) in [5.74, 6) is 1.09. The molecule has 0 amide bonds. The van der Waals surface area contributed by atoms with Crippen molar-refractivity contribution < 1.29 is 9.84 Å². The van der Waals surface area contributed by atoms with E-state index in [9.17, 15) is 5.11 Å². The van der Waals surface area contributed by atoms with Gasteiger partial charge in [-0.3, -0.25) is 4.98 Å². The molecule has 1 heterocycles. The molecule has 2 rings (SSSR count). The number of aromatic nitrogens is 1. The Morgan fingerprint density at radius 3 is 2.83 bits per heavy atom. The van der Waals surface area contributed by atoms with E-state index in [1.165, 1.54) is 0 Å². The fourth-order valence-electron chi connectivity index (χ4n) is 1.45. The van der Waals surface area contributed by atoms with E-state index < -0.39 is 0 Å². The van der Waals surface area contributed by atoms with Crippen molar-refractivity contribution in [2.75, 3.05) is 0 Å². The number of pyridine rings is 1. The van der Waals surface area contributed by atoms with E-state index in [4.69, 9.17) is 16.3 Å². The summed E-state index contributed by atoms with van der Waals surface area (Å²) in [5.41, 5.74) is 1.44. The molecule has 94 valence electrons. The number of hydrogen-bond acceptors (Lipinski definition) is 3. The first-order valence-corrected chi connectivity index (χ1v) is 6.46. The van der Waals surface area contributed by atoms with E-state index >= 15 is 0 Å². The first-order valence-electron chi connectivity index (χ1n) is 5.29. The highest BCUT2D eigenvalue weighted by Crippen LogP contribution is 2.33. The second-order valence-electron chi connectivity index (χ2n) is 3.77. The molecule has 5 heteroatoms. The fraction of sp³-hybridized carbons (Fsp3) is 0.154. The predicted molar refractivity (Wildman–Crippen MR) is 74.1 cm³/mol. The number of halogens is 2. The number of ether oxygens (including phenoxy) is 1. The van der Waals surface area contributed by atoms with Crippen LogP contribution in [0.2, 0.25) is 5.02 Å². The summed E-state index contributed by atoms with van der Waals surface area (Å²) in [5, 5.41) is 9.76. The van der Waals surface area contributed by atoms with Gasteiger partial charge in [0, 0.05) is 28.0 Å².